The van der Waals surface area contributed by atoms with Crippen LogP contribution in [0.1, 0.15) is 11.3 Å². The Morgan fingerprint density at radius 3 is 3.06 bits per heavy atom. The molecule has 1 aliphatic rings. The molecular formula is C13H16N2O. The SMILES string of the molecule is COc1cccc2c(C)c3n(c12)CCNC3. The molecule has 1 aliphatic heterocycles. The molecule has 2 heterocycles. The number of aromatic nitrogens is 1. The molecule has 0 aliphatic carbocycles. The van der Waals surface area contributed by atoms with Crippen LogP contribution in [0.4, 0.5) is 0 Å². The van der Waals surface area contributed by atoms with Crippen LogP contribution in [0.2, 0.25) is 0 Å². The van der Waals surface area contributed by atoms with Gasteiger partial charge in [0.2, 0.25) is 0 Å². The van der Waals surface area contributed by atoms with Crippen molar-refractivity contribution in [3.05, 3.63) is 29.5 Å². The molecule has 1 aromatic carbocycles. The number of ether oxygens (including phenoxy) is 1. The molecule has 3 heteroatoms. The Morgan fingerprint density at radius 1 is 1.38 bits per heavy atom. The number of hydrogen-bond donors (Lipinski definition) is 1. The van der Waals surface area contributed by atoms with Gasteiger partial charge >= 0.3 is 0 Å². The molecule has 84 valence electrons. The molecule has 0 fully saturated rings. The van der Waals surface area contributed by atoms with Gasteiger partial charge in [-0.15, -0.1) is 0 Å². The Kier molecular flexibility index (Phi) is 2.14. The Balaban J connectivity index is 2.40. The summed E-state index contributed by atoms with van der Waals surface area (Å²) in [5, 5.41) is 4.74. The van der Waals surface area contributed by atoms with Crippen LogP contribution in [0, 0.1) is 6.92 Å². The van der Waals surface area contributed by atoms with Gasteiger partial charge in [-0.25, -0.2) is 0 Å². The van der Waals surface area contributed by atoms with Gasteiger partial charge in [0.1, 0.15) is 5.75 Å². The standard InChI is InChI=1S/C13H16N2O/c1-9-10-4-3-5-12(16-2)13(10)15-7-6-14-8-11(9)15/h3-5,14H,6-8H2,1-2H3. The van der Waals surface area contributed by atoms with Crippen molar-refractivity contribution in [2.45, 2.75) is 20.0 Å². The summed E-state index contributed by atoms with van der Waals surface area (Å²) in [4.78, 5) is 0. The predicted molar refractivity (Wildman–Crippen MR) is 64.9 cm³/mol. The Bertz CT molecular complexity index is 542. The zero-order chi connectivity index (χ0) is 11.1. The molecule has 0 saturated heterocycles. The van der Waals surface area contributed by atoms with Gasteiger partial charge in [0.25, 0.3) is 0 Å². The minimum atomic E-state index is 0.962. The van der Waals surface area contributed by atoms with Crippen molar-refractivity contribution in [3.8, 4) is 5.75 Å². The third-order valence-corrected chi connectivity index (χ3v) is 3.46. The molecule has 3 rings (SSSR count). The van der Waals surface area contributed by atoms with E-state index in [1.165, 1.54) is 22.2 Å². The van der Waals surface area contributed by atoms with Gasteiger partial charge in [-0.1, -0.05) is 12.1 Å². The summed E-state index contributed by atoms with van der Waals surface area (Å²) < 4.78 is 7.85. The molecule has 3 nitrogen and oxygen atoms in total. The molecule has 0 atom stereocenters. The Morgan fingerprint density at radius 2 is 2.25 bits per heavy atom. The second-order valence-corrected chi connectivity index (χ2v) is 4.26. The van der Waals surface area contributed by atoms with Gasteiger partial charge in [0.05, 0.1) is 12.6 Å². The molecule has 16 heavy (non-hydrogen) atoms. The minimum absolute atomic E-state index is 0.962. The highest BCUT2D eigenvalue weighted by atomic mass is 16.5. The first-order valence-corrected chi connectivity index (χ1v) is 5.68. The van der Waals surface area contributed by atoms with E-state index in [1.54, 1.807) is 7.11 Å². The summed E-state index contributed by atoms with van der Waals surface area (Å²) in [6, 6.07) is 6.28. The van der Waals surface area contributed by atoms with E-state index in [4.69, 9.17) is 4.74 Å². The van der Waals surface area contributed by atoms with Gasteiger partial charge in [-0.2, -0.15) is 0 Å². The molecule has 0 saturated carbocycles. The van der Waals surface area contributed by atoms with Crippen molar-refractivity contribution in [1.82, 2.24) is 9.88 Å². The van der Waals surface area contributed by atoms with Crippen LogP contribution in [-0.2, 0) is 13.1 Å². The molecule has 0 amide bonds. The topological polar surface area (TPSA) is 26.2 Å². The maximum Gasteiger partial charge on any atom is 0.143 e. The number of benzene rings is 1. The number of nitrogens with one attached hydrogen (secondary N) is 1. The van der Waals surface area contributed by atoms with Crippen LogP contribution in [-0.4, -0.2) is 18.2 Å². The fourth-order valence-corrected chi connectivity index (χ4v) is 2.63. The second kappa shape index (κ2) is 3.52. The first kappa shape index (κ1) is 9.73. The summed E-state index contributed by atoms with van der Waals surface area (Å²) in [6.45, 7) is 5.22. The largest absolute Gasteiger partial charge is 0.495 e. The van der Waals surface area contributed by atoms with E-state index in [0.29, 0.717) is 0 Å². The molecule has 1 aromatic heterocycles. The zero-order valence-electron chi connectivity index (χ0n) is 9.71. The fourth-order valence-electron chi connectivity index (χ4n) is 2.63. The first-order chi connectivity index (χ1) is 7.83. The van der Waals surface area contributed by atoms with E-state index in [0.717, 1.165) is 25.4 Å². The van der Waals surface area contributed by atoms with Crippen molar-refractivity contribution in [2.75, 3.05) is 13.7 Å². The third kappa shape index (κ3) is 1.18. The number of rotatable bonds is 1. The quantitative estimate of drug-likeness (QED) is 0.789. The van der Waals surface area contributed by atoms with Gasteiger partial charge in [-0.05, 0) is 18.6 Å². The van der Waals surface area contributed by atoms with Crippen molar-refractivity contribution in [1.29, 1.82) is 0 Å². The van der Waals surface area contributed by atoms with E-state index in [1.807, 2.05) is 6.07 Å². The van der Waals surface area contributed by atoms with E-state index in [9.17, 15) is 0 Å². The van der Waals surface area contributed by atoms with E-state index in [2.05, 4.69) is 28.9 Å². The molecule has 0 bridgehead atoms. The molecular weight excluding hydrogens is 200 g/mol. The normalized spacial score (nSPS) is 15.1. The zero-order valence-corrected chi connectivity index (χ0v) is 9.71. The Labute approximate surface area is 95.0 Å². The van der Waals surface area contributed by atoms with Crippen LogP contribution in [0.3, 0.4) is 0 Å². The second-order valence-electron chi connectivity index (χ2n) is 4.26. The van der Waals surface area contributed by atoms with Crippen LogP contribution in [0.5, 0.6) is 5.75 Å². The van der Waals surface area contributed by atoms with E-state index in [-0.39, 0.29) is 0 Å². The maximum atomic E-state index is 5.47. The monoisotopic (exact) mass is 216 g/mol. The average Bonchev–Trinajstić information content (AvgIpc) is 2.64. The van der Waals surface area contributed by atoms with Crippen molar-refractivity contribution in [3.63, 3.8) is 0 Å². The van der Waals surface area contributed by atoms with Gasteiger partial charge < -0.3 is 14.6 Å². The van der Waals surface area contributed by atoms with Crippen LogP contribution < -0.4 is 10.1 Å². The molecule has 0 unspecified atom stereocenters. The van der Waals surface area contributed by atoms with Crippen LogP contribution >= 0.6 is 0 Å². The predicted octanol–water partition coefficient (Wildman–Crippen LogP) is 2.06. The Hall–Kier alpha value is -1.48. The maximum absolute atomic E-state index is 5.47. The van der Waals surface area contributed by atoms with Crippen molar-refractivity contribution < 1.29 is 4.74 Å². The highest BCUT2D eigenvalue weighted by Crippen LogP contribution is 2.33. The summed E-state index contributed by atoms with van der Waals surface area (Å²) in [7, 11) is 1.74. The lowest BCUT2D eigenvalue weighted by Crippen LogP contribution is -2.28. The lowest BCUT2D eigenvalue weighted by molar-refractivity contribution is 0.415. The van der Waals surface area contributed by atoms with Crippen molar-refractivity contribution >= 4 is 10.9 Å². The van der Waals surface area contributed by atoms with E-state index >= 15 is 0 Å². The summed E-state index contributed by atoms with van der Waals surface area (Å²) >= 11 is 0. The van der Waals surface area contributed by atoms with Crippen LogP contribution in [0.25, 0.3) is 10.9 Å². The number of methoxy groups -OCH3 is 1. The summed E-state index contributed by atoms with van der Waals surface area (Å²) in [5.41, 5.74) is 4.02. The summed E-state index contributed by atoms with van der Waals surface area (Å²) in [5.74, 6) is 0.980. The lowest BCUT2D eigenvalue weighted by atomic mass is 10.1. The third-order valence-electron chi connectivity index (χ3n) is 3.46. The number of fused-ring (bicyclic) bond motifs is 3. The fraction of sp³-hybridized carbons (Fsp3) is 0.385. The average molecular weight is 216 g/mol. The molecule has 1 N–H and O–H groups in total. The highest BCUT2D eigenvalue weighted by molar-refractivity contribution is 5.90. The molecule has 0 radical (unpaired) electrons. The lowest BCUT2D eigenvalue weighted by Gasteiger charge is -2.18. The number of nitrogens with zero attached hydrogens (tertiary/aromatic N) is 1. The van der Waals surface area contributed by atoms with Gasteiger partial charge in [-0.3, -0.25) is 0 Å². The minimum Gasteiger partial charge on any atom is -0.495 e. The van der Waals surface area contributed by atoms with E-state index < -0.39 is 0 Å². The molecule has 0 spiro atoms. The number of para-hydroxylation sites is 1. The number of aryl methyl sites for hydroxylation is 1. The first-order valence-electron chi connectivity index (χ1n) is 5.68. The summed E-state index contributed by atoms with van der Waals surface area (Å²) in [6.07, 6.45) is 0. The smallest absolute Gasteiger partial charge is 0.143 e. The van der Waals surface area contributed by atoms with Crippen molar-refractivity contribution in [2.24, 2.45) is 0 Å². The highest BCUT2D eigenvalue weighted by Gasteiger charge is 2.18. The molecule has 2 aromatic rings. The number of hydrogen-bond acceptors (Lipinski definition) is 2. The van der Waals surface area contributed by atoms with Gasteiger partial charge in [0, 0.05) is 30.7 Å². The van der Waals surface area contributed by atoms with Crippen LogP contribution in [0.15, 0.2) is 18.2 Å². The van der Waals surface area contributed by atoms with Gasteiger partial charge in [0.15, 0.2) is 0 Å².